The van der Waals surface area contributed by atoms with Crippen LogP contribution >= 0.6 is 11.6 Å². The van der Waals surface area contributed by atoms with Crippen LogP contribution in [0.25, 0.3) is 10.9 Å². The van der Waals surface area contributed by atoms with Gasteiger partial charge in [0.1, 0.15) is 0 Å². The fourth-order valence-corrected chi connectivity index (χ4v) is 3.29. The first kappa shape index (κ1) is 11.0. The number of anilines is 1. The highest BCUT2D eigenvalue weighted by Crippen LogP contribution is 2.43. The second kappa shape index (κ2) is 3.67. The van der Waals surface area contributed by atoms with Crippen molar-refractivity contribution in [3.05, 3.63) is 29.0 Å². The number of fused-ring (bicyclic) bond motifs is 3. The number of likely N-dealkylation sites (N-methyl/N-ethyl adjacent to an activating group) is 1. The molecule has 0 amide bonds. The fourth-order valence-electron chi connectivity index (χ4n) is 3.04. The maximum Gasteiger partial charge on any atom is 0.0490 e. The largest absolute Gasteiger partial charge is 0.374 e. The molecule has 0 bridgehead atoms. The van der Waals surface area contributed by atoms with E-state index in [0.717, 1.165) is 6.54 Å². The molecule has 0 spiro atoms. The summed E-state index contributed by atoms with van der Waals surface area (Å²) >= 11 is 6.12. The van der Waals surface area contributed by atoms with Gasteiger partial charge < -0.3 is 9.88 Å². The van der Waals surface area contributed by atoms with E-state index in [1.54, 1.807) is 0 Å². The van der Waals surface area contributed by atoms with Crippen LogP contribution in [0.3, 0.4) is 0 Å². The van der Waals surface area contributed by atoms with E-state index in [-0.39, 0.29) is 0 Å². The Morgan fingerprint density at radius 2 is 2.18 bits per heavy atom. The van der Waals surface area contributed by atoms with E-state index >= 15 is 0 Å². The molecule has 3 heteroatoms. The zero-order chi connectivity index (χ0) is 12.2. The first-order valence-electron chi connectivity index (χ1n) is 6.01. The highest BCUT2D eigenvalue weighted by molar-refractivity contribution is 6.18. The normalized spacial score (nSPS) is 19.1. The van der Waals surface area contributed by atoms with Crippen LogP contribution in [0.15, 0.2) is 12.3 Å². The van der Waals surface area contributed by atoms with Gasteiger partial charge in [-0.2, -0.15) is 0 Å². The quantitative estimate of drug-likeness (QED) is 0.765. The molecule has 2 nitrogen and oxygen atoms in total. The minimum absolute atomic E-state index is 0.453. The van der Waals surface area contributed by atoms with Gasteiger partial charge in [-0.15, -0.1) is 11.6 Å². The number of hydrogen-bond donors (Lipinski definition) is 1. The molecule has 1 aromatic carbocycles. The van der Waals surface area contributed by atoms with Crippen molar-refractivity contribution >= 4 is 28.2 Å². The van der Waals surface area contributed by atoms with Gasteiger partial charge >= 0.3 is 0 Å². The minimum Gasteiger partial charge on any atom is -0.374 e. The molecule has 0 aliphatic carbocycles. The summed E-state index contributed by atoms with van der Waals surface area (Å²) in [6.45, 7) is 5.37. The molecule has 90 valence electrons. The smallest absolute Gasteiger partial charge is 0.0490 e. The second-order valence-corrected chi connectivity index (χ2v) is 5.39. The lowest BCUT2D eigenvalue weighted by atomic mass is 9.95. The van der Waals surface area contributed by atoms with Crippen molar-refractivity contribution in [1.29, 1.82) is 0 Å². The van der Waals surface area contributed by atoms with E-state index in [0.29, 0.717) is 11.8 Å². The fraction of sp³-hybridized carbons (Fsp3) is 0.429. The number of H-pyrrole nitrogens is 1. The zero-order valence-corrected chi connectivity index (χ0v) is 11.2. The molecule has 1 unspecified atom stereocenters. The number of hydrogen-bond acceptors (Lipinski definition) is 1. The molecule has 3 rings (SSSR count). The topological polar surface area (TPSA) is 19.0 Å². The van der Waals surface area contributed by atoms with Gasteiger partial charge in [-0.25, -0.2) is 0 Å². The lowest BCUT2D eigenvalue weighted by Gasteiger charge is -2.13. The highest BCUT2D eigenvalue weighted by Gasteiger charge is 2.29. The third-order valence-corrected chi connectivity index (χ3v) is 4.24. The van der Waals surface area contributed by atoms with E-state index in [1.165, 1.54) is 33.3 Å². The van der Waals surface area contributed by atoms with Crippen LogP contribution in [0.4, 0.5) is 5.69 Å². The lowest BCUT2D eigenvalue weighted by Crippen LogP contribution is -2.15. The molecule has 2 aromatic rings. The van der Waals surface area contributed by atoms with E-state index in [2.05, 4.69) is 43.0 Å². The van der Waals surface area contributed by atoms with E-state index in [9.17, 15) is 0 Å². The van der Waals surface area contributed by atoms with Crippen LogP contribution in [0, 0.1) is 13.8 Å². The van der Waals surface area contributed by atoms with Gasteiger partial charge in [0.15, 0.2) is 0 Å². The summed E-state index contributed by atoms with van der Waals surface area (Å²) in [5, 5.41) is 1.38. The Hall–Kier alpha value is -1.15. The minimum atomic E-state index is 0.453. The lowest BCUT2D eigenvalue weighted by molar-refractivity contribution is 0.806. The summed E-state index contributed by atoms with van der Waals surface area (Å²) in [4.78, 5) is 5.70. The Balaban J connectivity index is 2.41. The Labute approximate surface area is 107 Å². The number of aromatic amines is 1. The Kier molecular flexibility index (Phi) is 2.37. The molecule has 0 fully saturated rings. The van der Waals surface area contributed by atoms with Crippen LogP contribution in [0.1, 0.15) is 22.6 Å². The average molecular weight is 249 g/mol. The van der Waals surface area contributed by atoms with Crippen LogP contribution in [0.5, 0.6) is 0 Å². The number of benzene rings is 1. The number of nitrogens with one attached hydrogen (secondary N) is 1. The molecule has 1 aromatic heterocycles. The van der Waals surface area contributed by atoms with Crippen LogP contribution in [-0.2, 0) is 0 Å². The van der Waals surface area contributed by atoms with E-state index in [1.807, 2.05) is 0 Å². The molecule has 0 radical (unpaired) electrons. The molecule has 17 heavy (non-hydrogen) atoms. The number of halogens is 1. The molecule has 0 saturated carbocycles. The summed E-state index contributed by atoms with van der Waals surface area (Å²) in [5.41, 5.74) is 6.69. The molecule has 2 heterocycles. The highest BCUT2D eigenvalue weighted by atomic mass is 35.5. The maximum absolute atomic E-state index is 6.12. The van der Waals surface area contributed by atoms with Crippen molar-refractivity contribution < 1.29 is 0 Å². The van der Waals surface area contributed by atoms with Crippen molar-refractivity contribution in [2.24, 2.45) is 0 Å². The summed E-state index contributed by atoms with van der Waals surface area (Å²) in [6.07, 6.45) is 2.10. The third-order valence-electron chi connectivity index (χ3n) is 3.87. The Bertz CT molecular complexity index is 585. The van der Waals surface area contributed by atoms with Crippen molar-refractivity contribution in [2.75, 3.05) is 24.4 Å². The number of nitrogens with zero attached hydrogens (tertiary/aromatic N) is 1. The van der Waals surface area contributed by atoms with Crippen molar-refractivity contribution in [2.45, 2.75) is 19.8 Å². The first-order chi connectivity index (χ1) is 8.13. The van der Waals surface area contributed by atoms with Gasteiger partial charge in [0.05, 0.1) is 0 Å². The standard InChI is InChI=1S/C14H17ClN2/c1-8-4-11-13(10(5-15)7-17(11)3)12-9(2)6-16-14(8)12/h4,6,10,16H,5,7H2,1-3H3. The maximum atomic E-state index is 6.12. The molecular formula is C14H17ClN2. The molecule has 1 N–H and O–H groups in total. The van der Waals surface area contributed by atoms with Gasteiger partial charge in [-0.3, -0.25) is 0 Å². The monoisotopic (exact) mass is 248 g/mol. The molecule has 1 aliphatic rings. The van der Waals surface area contributed by atoms with Crippen LogP contribution < -0.4 is 4.90 Å². The zero-order valence-electron chi connectivity index (χ0n) is 10.5. The molecule has 1 atom stereocenters. The van der Waals surface area contributed by atoms with Gasteiger partial charge in [-0.05, 0) is 36.6 Å². The SMILES string of the molecule is Cc1cc2c(c3c(C)c[nH]c13)C(CCl)CN2C. The molecular weight excluding hydrogens is 232 g/mol. The van der Waals surface area contributed by atoms with Gasteiger partial charge in [0.25, 0.3) is 0 Å². The Morgan fingerprint density at radius 3 is 2.88 bits per heavy atom. The molecule has 1 aliphatic heterocycles. The average Bonchev–Trinajstić information content (AvgIpc) is 2.82. The van der Waals surface area contributed by atoms with Crippen LogP contribution in [0.2, 0.25) is 0 Å². The Morgan fingerprint density at radius 1 is 1.41 bits per heavy atom. The second-order valence-electron chi connectivity index (χ2n) is 5.08. The van der Waals surface area contributed by atoms with E-state index < -0.39 is 0 Å². The number of rotatable bonds is 1. The predicted molar refractivity (Wildman–Crippen MR) is 74.5 cm³/mol. The number of aryl methyl sites for hydroxylation is 2. The van der Waals surface area contributed by atoms with Crippen LogP contribution in [-0.4, -0.2) is 24.5 Å². The van der Waals surface area contributed by atoms with E-state index in [4.69, 9.17) is 11.6 Å². The third kappa shape index (κ3) is 1.40. The predicted octanol–water partition coefficient (Wildman–Crippen LogP) is 3.56. The summed E-state index contributed by atoms with van der Waals surface area (Å²) in [6, 6.07) is 2.28. The van der Waals surface area contributed by atoms with Gasteiger partial charge in [-0.1, -0.05) is 0 Å². The summed E-state index contributed by atoms with van der Waals surface area (Å²) in [7, 11) is 2.15. The first-order valence-corrected chi connectivity index (χ1v) is 6.55. The van der Waals surface area contributed by atoms with Gasteiger partial charge in [0.2, 0.25) is 0 Å². The number of alkyl halides is 1. The van der Waals surface area contributed by atoms with Gasteiger partial charge in [0, 0.05) is 48.2 Å². The van der Waals surface area contributed by atoms with Crippen molar-refractivity contribution in [1.82, 2.24) is 4.98 Å². The van der Waals surface area contributed by atoms with Crippen molar-refractivity contribution in [3.8, 4) is 0 Å². The summed E-state index contributed by atoms with van der Waals surface area (Å²) in [5.74, 6) is 1.15. The summed E-state index contributed by atoms with van der Waals surface area (Å²) < 4.78 is 0. The molecule has 0 saturated heterocycles. The van der Waals surface area contributed by atoms with Crippen molar-refractivity contribution in [3.63, 3.8) is 0 Å². The number of aromatic nitrogens is 1.